The summed E-state index contributed by atoms with van der Waals surface area (Å²) in [4.78, 5) is 7.24. The third kappa shape index (κ3) is 2.86. The summed E-state index contributed by atoms with van der Waals surface area (Å²) in [6, 6.07) is 0.660. The maximum absolute atomic E-state index is 4.50. The maximum atomic E-state index is 4.50. The van der Waals surface area contributed by atoms with Gasteiger partial charge in [0.15, 0.2) is 0 Å². The molecule has 0 radical (unpaired) electrons. The first-order chi connectivity index (χ1) is 9.32. The van der Waals surface area contributed by atoms with Gasteiger partial charge >= 0.3 is 0 Å². The quantitative estimate of drug-likeness (QED) is 0.922. The van der Waals surface area contributed by atoms with E-state index in [2.05, 4.69) is 27.5 Å². The predicted molar refractivity (Wildman–Crippen MR) is 80.4 cm³/mol. The standard InChI is InChI=1S/C15H25N3S/c1-2-13-10-18(11-14-16-8-9-19-14)15(12-17-13)6-4-3-5-7-15/h8-9,13,17H,2-7,10-12H2,1H3. The van der Waals surface area contributed by atoms with Crippen LogP contribution in [0.3, 0.4) is 0 Å². The largest absolute Gasteiger partial charge is 0.311 e. The molecule has 1 atom stereocenters. The van der Waals surface area contributed by atoms with E-state index in [4.69, 9.17) is 0 Å². The molecule has 1 aromatic heterocycles. The fraction of sp³-hybridized carbons (Fsp3) is 0.800. The van der Waals surface area contributed by atoms with Gasteiger partial charge in [-0.2, -0.15) is 0 Å². The lowest BCUT2D eigenvalue weighted by atomic mass is 9.78. The van der Waals surface area contributed by atoms with Crippen molar-refractivity contribution in [3.63, 3.8) is 0 Å². The van der Waals surface area contributed by atoms with Crippen molar-refractivity contribution in [3.8, 4) is 0 Å². The smallest absolute Gasteiger partial charge is 0.107 e. The van der Waals surface area contributed by atoms with E-state index in [1.54, 1.807) is 11.3 Å². The second-order valence-electron chi connectivity index (χ2n) is 6.08. The minimum Gasteiger partial charge on any atom is -0.311 e. The Labute approximate surface area is 120 Å². The SMILES string of the molecule is CCC1CN(Cc2nccs2)C2(CCCCC2)CN1. The summed E-state index contributed by atoms with van der Waals surface area (Å²) in [5.74, 6) is 0. The van der Waals surface area contributed by atoms with Crippen molar-refractivity contribution in [2.75, 3.05) is 13.1 Å². The zero-order valence-corrected chi connectivity index (χ0v) is 12.7. The van der Waals surface area contributed by atoms with Crippen LogP contribution in [0.2, 0.25) is 0 Å². The molecule has 19 heavy (non-hydrogen) atoms. The molecule has 1 saturated heterocycles. The molecule has 3 nitrogen and oxygen atoms in total. The number of aromatic nitrogens is 1. The van der Waals surface area contributed by atoms with Gasteiger partial charge in [-0.25, -0.2) is 4.98 Å². The van der Waals surface area contributed by atoms with E-state index in [1.807, 2.05) is 6.20 Å². The van der Waals surface area contributed by atoms with Gasteiger partial charge in [0.05, 0.1) is 6.54 Å². The summed E-state index contributed by atoms with van der Waals surface area (Å²) >= 11 is 1.80. The Hall–Kier alpha value is -0.450. The molecular weight excluding hydrogens is 254 g/mol. The van der Waals surface area contributed by atoms with E-state index in [-0.39, 0.29) is 0 Å². The van der Waals surface area contributed by atoms with Crippen LogP contribution < -0.4 is 5.32 Å². The van der Waals surface area contributed by atoms with Crippen LogP contribution in [0.5, 0.6) is 0 Å². The van der Waals surface area contributed by atoms with Gasteiger partial charge in [0.25, 0.3) is 0 Å². The Kier molecular flexibility index (Phi) is 4.20. The Morgan fingerprint density at radius 2 is 2.26 bits per heavy atom. The van der Waals surface area contributed by atoms with Crippen molar-refractivity contribution in [2.45, 2.75) is 63.6 Å². The Morgan fingerprint density at radius 3 is 2.95 bits per heavy atom. The van der Waals surface area contributed by atoms with Crippen LogP contribution in [0.25, 0.3) is 0 Å². The second kappa shape index (κ2) is 5.90. The van der Waals surface area contributed by atoms with E-state index in [0.29, 0.717) is 11.6 Å². The van der Waals surface area contributed by atoms with Crippen LogP contribution in [0.15, 0.2) is 11.6 Å². The summed E-state index contributed by atoms with van der Waals surface area (Å²) in [7, 11) is 0. The molecule has 0 amide bonds. The lowest BCUT2D eigenvalue weighted by molar-refractivity contribution is 0.00269. The highest BCUT2D eigenvalue weighted by Gasteiger charge is 2.41. The van der Waals surface area contributed by atoms with Crippen LogP contribution in [-0.2, 0) is 6.54 Å². The molecule has 1 unspecified atom stereocenters. The first-order valence-corrected chi connectivity index (χ1v) is 8.57. The van der Waals surface area contributed by atoms with Crippen molar-refractivity contribution in [2.24, 2.45) is 0 Å². The number of nitrogens with one attached hydrogen (secondary N) is 1. The molecule has 2 aliphatic rings. The van der Waals surface area contributed by atoms with Gasteiger partial charge in [-0.1, -0.05) is 26.2 Å². The van der Waals surface area contributed by atoms with E-state index in [0.717, 1.165) is 6.54 Å². The molecule has 1 spiro atoms. The normalized spacial score (nSPS) is 27.7. The molecule has 4 heteroatoms. The van der Waals surface area contributed by atoms with Crippen LogP contribution in [0.4, 0.5) is 0 Å². The Balaban J connectivity index is 1.76. The minimum atomic E-state index is 0.412. The van der Waals surface area contributed by atoms with Crippen molar-refractivity contribution >= 4 is 11.3 Å². The molecule has 1 aliphatic heterocycles. The van der Waals surface area contributed by atoms with E-state index in [9.17, 15) is 0 Å². The molecule has 3 rings (SSSR count). The lowest BCUT2D eigenvalue weighted by Crippen LogP contribution is -2.64. The van der Waals surface area contributed by atoms with Crippen molar-refractivity contribution in [1.82, 2.24) is 15.2 Å². The summed E-state index contributed by atoms with van der Waals surface area (Å²) < 4.78 is 0. The Morgan fingerprint density at radius 1 is 1.42 bits per heavy atom. The summed E-state index contributed by atoms with van der Waals surface area (Å²) in [6.45, 7) is 5.71. The molecule has 2 fully saturated rings. The third-order valence-corrected chi connectivity index (χ3v) is 5.68. The first kappa shape index (κ1) is 13.5. The predicted octanol–water partition coefficient (Wildman–Crippen LogP) is 3.03. The average Bonchev–Trinajstić information content (AvgIpc) is 2.95. The topological polar surface area (TPSA) is 28.2 Å². The number of rotatable bonds is 3. The highest BCUT2D eigenvalue weighted by molar-refractivity contribution is 7.09. The molecule has 106 valence electrons. The van der Waals surface area contributed by atoms with E-state index >= 15 is 0 Å². The molecule has 1 aliphatic carbocycles. The number of nitrogens with zero attached hydrogens (tertiary/aromatic N) is 2. The minimum absolute atomic E-state index is 0.412. The third-order valence-electron chi connectivity index (χ3n) is 4.92. The van der Waals surface area contributed by atoms with Crippen LogP contribution in [-0.4, -0.2) is 34.6 Å². The van der Waals surface area contributed by atoms with Crippen LogP contribution in [0, 0.1) is 0 Å². The van der Waals surface area contributed by atoms with Gasteiger partial charge in [0.1, 0.15) is 5.01 Å². The van der Waals surface area contributed by atoms with Gasteiger partial charge in [-0.3, -0.25) is 4.90 Å². The van der Waals surface area contributed by atoms with Gasteiger partial charge in [-0.05, 0) is 19.3 Å². The second-order valence-corrected chi connectivity index (χ2v) is 7.06. The number of hydrogen-bond donors (Lipinski definition) is 1. The molecule has 1 aromatic rings. The fourth-order valence-electron chi connectivity index (χ4n) is 3.67. The van der Waals surface area contributed by atoms with Gasteiger partial charge in [0.2, 0.25) is 0 Å². The summed E-state index contributed by atoms with van der Waals surface area (Å²) in [5.41, 5.74) is 0.412. The van der Waals surface area contributed by atoms with E-state index in [1.165, 1.54) is 56.6 Å². The van der Waals surface area contributed by atoms with E-state index < -0.39 is 0 Å². The molecular formula is C15H25N3S. The average molecular weight is 279 g/mol. The van der Waals surface area contributed by atoms with Crippen LogP contribution >= 0.6 is 11.3 Å². The molecule has 1 N–H and O–H groups in total. The molecule has 2 heterocycles. The number of hydrogen-bond acceptors (Lipinski definition) is 4. The monoisotopic (exact) mass is 279 g/mol. The van der Waals surface area contributed by atoms with Gasteiger partial charge in [0, 0.05) is 36.2 Å². The molecule has 1 saturated carbocycles. The van der Waals surface area contributed by atoms with Crippen molar-refractivity contribution in [1.29, 1.82) is 0 Å². The number of piperazine rings is 1. The fourth-order valence-corrected chi connectivity index (χ4v) is 4.30. The Bertz CT molecular complexity index is 384. The van der Waals surface area contributed by atoms with Gasteiger partial charge < -0.3 is 5.32 Å². The summed E-state index contributed by atoms with van der Waals surface area (Å²) in [6.07, 6.45) is 10.1. The lowest BCUT2D eigenvalue weighted by Gasteiger charge is -2.52. The van der Waals surface area contributed by atoms with Crippen molar-refractivity contribution in [3.05, 3.63) is 16.6 Å². The van der Waals surface area contributed by atoms with Crippen LogP contribution in [0.1, 0.15) is 50.5 Å². The highest BCUT2D eigenvalue weighted by Crippen LogP contribution is 2.36. The molecule has 0 aromatic carbocycles. The summed E-state index contributed by atoms with van der Waals surface area (Å²) in [5, 5.41) is 7.16. The molecule has 0 bridgehead atoms. The van der Waals surface area contributed by atoms with Crippen molar-refractivity contribution < 1.29 is 0 Å². The first-order valence-electron chi connectivity index (χ1n) is 7.69. The number of thiazole rings is 1. The zero-order valence-electron chi connectivity index (χ0n) is 11.9. The maximum Gasteiger partial charge on any atom is 0.107 e. The zero-order chi connectivity index (χ0) is 13.1. The highest BCUT2D eigenvalue weighted by atomic mass is 32.1. The van der Waals surface area contributed by atoms with Gasteiger partial charge in [-0.15, -0.1) is 11.3 Å².